The number of hydrogen-bond acceptors (Lipinski definition) is 5. The van der Waals surface area contributed by atoms with Crippen molar-refractivity contribution in [1.82, 2.24) is 14.3 Å². The molecule has 1 rings (SSSR count). The Kier molecular flexibility index (Phi) is 4.88. The van der Waals surface area contributed by atoms with Crippen LogP contribution in [0.4, 0.5) is 5.82 Å². The van der Waals surface area contributed by atoms with E-state index in [1.54, 1.807) is 7.11 Å². The third kappa shape index (κ3) is 3.92. The fourth-order valence-electron chi connectivity index (χ4n) is 1.60. The summed E-state index contributed by atoms with van der Waals surface area (Å²) in [5.41, 5.74) is -0.878. The molecule has 1 N–H and O–H groups in total. The van der Waals surface area contributed by atoms with Crippen LogP contribution in [0.3, 0.4) is 0 Å². The maximum absolute atomic E-state index is 11.9. The highest BCUT2D eigenvalue weighted by atomic mass is 16.5. The van der Waals surface area contributed by atoms with Gasteiger partial charge >= 0.3 is 5.69 Å². The van der Waals surface area contributed by atoms with Crippen LogP contribution in [0.2, 0.25) is 0 Å². The number of nitrogens with zero attached hydrogens (tertiary/aromatic N) is 3. The molecule has 0 saturated heterocycles. The smallest absolute Gasteiger partial charge is 0.346 e. The molecule has 0 amide bonds. The maximum atomic E-state index is 11.9. The first-order chi connectivity index (χ1) is 8.78. The summed E-state index contributed by atoms with van der Waals surface area (Å²) >= 11 is 0. The summed E-state index contributed by atoms with van der Waals surface area (Å²) in [6, 6.07) is 0. The summed E-state index contributed by atoms with van der Waals surface area (Å²) in [7, 11) is 4.62. The second kappa shape index (κ2) is 6.01. The van der Waals surface area contributed by atoms with Gasteiger partial charge in [-0.1, -0.05) is 13.8 Å². The number of aryl methyl sites for hydroxylation is 1. The first-order valence-corrected chi connectivity index (χ1v) is 6.15. The average molecular weight is 270 g/mol. The average Bonchev–Trinajstić information content (AvgIpc) is 2.37. The zero-order valence-corrected chi connectivity index (χ0v) is 12.2. The lowest BCUT2D eigenvalue weighted by molar-refractivity contribution is 0.157. The molecule has 0 radical (unpaired) electrons. The van der Waals surface area contributed by atoms with Gasteiger partial charge in [0.05, 0.1) is 0 Å². The van der Waals surface area contributed by atoms with Crippen LogP contribution in [0.5, 0.6) is 0 Å². The van der Waals surface area contributed by atoms with Gasteiger partial charge in [-0.15, -0.1) is 5.10 Å². The molecule has 0 aliphatic heterocycles. The van der Waals surface area contributed by atoms with Crippen LogP contribution < -0.4 is 16.6 Å². The highest BCUT2D eigenvalue weighted by Crippen LogP contribution is 2.19. The van der Waals surface area contributed by atoms with Gasteiger partial charge in [-0.05, 0) is 11.8 Å². The van der Waals surface area contributed by atoms with Crippen molar-refractivity contribution >= 4 is 5.82 Å². The molecule has 7 heteroatoms. The van der Waals surface area contributed by atoms with E-state index in [1.807, 2.05) is 0 Å². The molecule has 1 aromatic rings. The zero-order chi connectivity index (χ0) is 14.6. The summed E-state index contributed by atoms with van der Waals surface area (Å²) in [4.78, 5) is 23.4. The predicted molar refractivity (Wildman–Crippen MR) is 73.5 cm³/mol. The molecule has 0 atom stereocenters. The molecule has 0 bridgehead atoms. The van der Waals surface area contributed by atoms with Crippen molar-refractivity contribution in [3.8, 4) is 0 Å². The molecular weight excluding hydrogens is 248 g/mol. The van der Waals surface area contributed by atoms with Crippen molar-refractivity contribution in [3.05, 3.63) is 20.8 Å². The normalized spacial score (nSPS) is 11.6. The third-order valence-electron chi connectivity index (χ3n) is 3.04. The van der Waals surface area contributed by atoms with Gasteiger partial charge in [-0.25, -0.2) is 9.48 Å². The van der Waals surface area contributed by atoms with Crippen molar-refractivity contribution in [2.24, 2.45) is 19.5 Å². The van der Waals surface area contributed by atoms with E-state index in [1.165, 1.54) is 14.1 Å². The number of rotatable bonds is 6. The van der Waals surface area contributed by atoms with Crippen LogP contribution in [0.15, 0.2) is 9.59 Å². The van der Waals surface area contributed by atoms with E-state index < -0.39 is 11.2 Å². The van der Waals surface area contributed by atoms with Gasteiger partial charge in [0.2, 0.25) is 5.82 Å². The van der Waals surface area contributed by atoms with E-state index in [4.69, 9.17) is 4.74 Å². The summed E-state index contributed by atoms with van der Waals surface area (Å²) in [6.07, 6.45) is 0.864. The Bertz CT molecular complexity index is 545. The van der Waals surface area contributed by atoms with E-state index >= 15 is 0 Å². The zero-order valence-electron chi connectivity index (χ0n) is 12.2. The first-order valence-electron chi connectivity index (χ1n) is 6.15. The lowest BCUT2D eigenvalue weighted by atomic mass is 9.90. The molecule has 19 heavy (non-hydrogen) atoms. The molecule has 0 unspecified atom stereocenters. The van der Waals surface area contributed by atoms with E-state index in [0.717, 1.165) is 15.7 Å². The third-order valence-corrected chi connectivity index (χ3v) is 3.04. The minimum absolute atomic E-state index is 0.0303. The molecule has 1 heterocycles. The Morgan fingerprint density at radius 2 is 1.95 bits per heavy atom. The van der Waals surface area contributed by atoms with Crippen LogP contribution >= 0.6 is 0 Å². The Morgan fingerprint density at radius 3 is 2.53 bits per heavy atom. The Balaban J connectivity index is 2.85. The lowest BCUT2D eigenvalue weighted by Crippen LogP contribution is -2.41. The first kappa shape index (κ1) is 15.4. The second-order valence-electron chi connectivity index (χ2n) is 5.38. The summed E-state index contributed by atoms with van der Waals surface area (Å²) < 4.78 is 7.24. The van der Waals surface area contributed by atoms with Crippen LogP contribution in [0, 0.1) is 5.41 Å². The van der Waals surface area contributed by atoms with Gasteiger partial charge in [0.1, 0.15) is 0 Å². The maximum Gasteiger partial charge on any atom is 0.346 e. The number of methoxy groups -OCH3 is 1. The van der Waals surface area contributed by atoms with Gasteiger partial charge in [-0.2, -0.15) is 0 Å². The van der Waals surface area contributed by atoms with Crippen molar-refractivity contribution in [2.45, 2.75) is 20.3 Å². The number of anilines is 1. The van der Waals surface area contributed by atoms with Crippen molar-refractivity contribution < 1.29 is 4.74 Å². The van der Waals surface area contributed by atoms with Crippen LogP contribution in [-0.4, -0.2) is 34.6 Å². The van der Waals surface area contributed by atoms with E-state index in [2.05, 4.69) is 24.3 Å². The largest absolute Gasteiger partial charge is 0.385 e. The Morgan fingerprint density at radius 1 is 1.32 bits per heavy atom. The van der Waals surface area contributed by atoms with Gasteiger partial charge in [0.25, 0.3) is 5.56 Å². The van der Waals surface area contributed by atoms with Gasteiger partial charge in [-0.3, -0.25) is 9.36 Å². The highest BCUT2D eigenvalue weighted by molar-refractivity contribution is 5.29. The topological polar surface area (TPSA) is 78.2 Å². The van der Waals surface area contributed by atoms with Gasteiger partial charge in [0, 0.05) is 34.4 Å². The summed E-state index contributed by atoms with van der Waals surface area (Å²) in [6.45, 7) is 5.39. The van der Waals surface area contributed by atoms with E-state index in [-0.39, 0.29) is 11.2 Å². The van der Waals surface area contributed by atoms with E-state index in [0.29, 0.717) is 13.2 Å². The molecule has 0 spiro atoms. The van der Waals surface area contributed by atoms with Crippen molar-refractivity contribution in [3.63, 3.8) is 0 Å². The number of aromatic nitrogens is 3. The van der Waals surface area contributed by atoms with Crippen molar-refractivity contribution in [1.29, 1.82) is 0 Å². The summed E-state index contributed by atoms with van der Waals surface area (Å²) in [5, 5.41) is 6.96. The SMILES string of the molecule is COCCC(C)(C)CNc1nn(C)c(=O)n(C)c1=O. The van der Waals surface area contributed by atoms with Gasteiger partial charge < -0.3 is 10.1 Å². The van der Waals surface area contributed by atoms with Crippen LogP contribution in [-0.2, 0) is 18.8 Å². The van der Waals surface area contributed by atoms with Gasteiger partial charge in [0.15, 0.2) is 0 Å². The number of ether oxygens (including phenoxy) is 1. The number of hydrogen-bond donors (Lipinski definition) is 1. The molecule has 108 valence electrons. The van der Waals surface area contributed by atoms with Crippen LogP contribution in [0.1, 0.15) is 20.3 Å². The molecule has 0 saturated carbocycles. The number of nitrogens with one attached hydrogen (secondary N) is 1. The van der Waals surface area contributed by atoms with Crippen molar-refractivity contribution in [2.75, 3.05) is 25.6 Å². The minimum atomic E-state index is -0.436. The monoisotopic (exact) mass is 270 g/mol. The molecule has 1 aromatic heterocycles. The van der Waals surface area contributed by atoms with Crippen LogP contribution in [0.25, 0.3) is 0 Å². The Labute approximate surface area is 112 Å². The minimum Gasteiger partial charge on any atom is -0.385 e. The molecule has 7 nitrogen and oxygen atoms in total. The molecule has 0 aliphatic carbocycles. The fraction of sp³-hybridized carbons (Fsp3) is 0.750. The summed E-state index contributed by atoms with van der Waals surface area (Å²) in [5.74, 6) is 0.190. The lowest BCUT2D eigenvalue weighted by Gasteiger charge is -2.24. The second-order valence-corrected chi connectivity index (χ2v) is 5.38. The molecule has 0 aliphatic rings. The highest BCUT2D eigenvalue weighted by Gasteiger charge is 2.19. The predicted octanol–water partition coefficient (Wildman–Crippen LogP) is -0.0464. The molecule has 0 fully saturated rings. The molecule has 0 aromatic carbocycles. The van der Waals surface area contributed by atoms with E-state index in [9.17, 15) is 9.59 Å². The fourth-order valence-corrected chi connectivity index (χ4v) is 1.60. The quantitative estimate of drug-likeness (QED) is 0.784. The Hall–Kier alpha value is -1.63. The molecular formula is C12H22N4O3. The standard InChI is InChI=1S/C12H22N4O3/c1-12(2,6-7-19-5)8-13-9-10(17)15(3)11(18)16(4)14-9/h6-8H2,1-5H3,(H,13,14).